The average Bonchev–Trinajstić information content (AvgIpc) is 2.34. The summed E-state index contributed by atoms with van der Waals surface area (Å²) >= 11 is 0. The van der Waals surface area contributed by atoms with Crippen LogP contribution in [0.4, 0.5) is 0 Å². The smallest absolute Gasteiger partial charge is 0.119 e. The van der Waals surface area contributed by atoms with Crippen molar-refractivity contribution in [2.45, 2.75) is 27.2 Å². The van der Waals surface area contributed by atoms with E-state index in [-0.39, 0.29) is 6.61 Å². The van der Waals surface area contributed by atoms with Crippen molar-refractivity contribution >= 4 is 0 Å². The van der Waals surface area contributed by atoms with Gasteiger partial charge in [0.1, 0.15) is 12.4 Å². The van der Waals surface area contributed by atoms with Gasteiger partial charge in [0.25, 0.3) is 0 Å². The highest BCUT2D eigenvalue weighted by Gasteiger charge is 2.02. The van der Waals surface area contributed by atoms with Crippen molar-refractivity contribution in [1.82, 2.24) is 0 Å². The summed E-state index contributed by atoms with van der Waals surface area (Å²) in [6, 6.07) is 5.85. The first-order chi connectivity index (χ1) is 8.17. The minimum Gasteiger partial charge on any atom is -0.493 e. The Balaban J connectivity index is 2.68. The number of ether oxygens (including phenoxy) is 1. The maximum Gasteiger partial charge on any atom is 0.119 e. The molecule has 1 rings (SSSR count). The van der Waals surface area contributed by atoms with Gasteiger partial charge in [-0.3, -0.25) is 0 Å². The molecular weight excluding hydrogens is 212 g/mol. The summed E-state index contributed by atoms with van der Waals surface area (Å²) in [4.78, 5) is 0. The van der Waals surface area contributed by atoms with E-state index in [9.17, 15) is 0 Å². The Labute approximate surface area is 104 Å². The Morgan fingerprint density at radius 1 is 1.41 bits per heavy atom. The molecule has 0 bridgehead atoms. The van der Waals surface area contributed by atoms with E-state index >= 15 is 0 Å². The van der Waals surface area contributed by atoms with Crippen molar-refractivity contribution in [3.05, 3.63) is 29.3 Å². The van der Waals surface area contributed by atoms with Crippen LogP contribution < -0.4 is 4.74 Å². The van der Waals surface area contributed by atoms with Crippen LogP contribution in [0.1, 0.15) is 31.4 Å². The molecule has 0 heterocycles. The van der Waals surface area contributed by atoms with Crippen molar-refractivity contribution in [2.75, 3.05) is 13.2 Å². The van der Waals surface area contributed by atoms with E-state index in [0.717, 1.165) is 29.9 Å². The fourth-order valence-corrected chi connectivity index (χ4v) is 1.36. The highest BCUT2D eigenvalue weighted by Crippen LogP contribution is 2.17. The zero-order valence-electron chi connectivity index (χ0n) is 10.8. The molecule has 0 aliphatic rings. The zero-order valence-corrected chi connectivity index (χ0v) is 10.8. The molecule has 1 N–H and O–H groups in total. The lowest BCUT2D eigenvalue weighted by atomic mass is 10.1. The molecule has 0 saturated heterocycles. The number of aryl methyl sites for hydroxylation is 1. The normalized spacial score (nSPS) is 11.5. The fraction of sp³-hybridized carbons (Fsp3) is 0.467. The second-order valence-electron chi connectivity index (χ2n) is 4.26. The summed E-state index contributed by atoms with van der Waals surface area (Å²) in [5.41, 5.74) is 2.02. The summed E-state index contributed by atoms with van der Waals surface area (Å²) in [5, 5.41) is 8.65. The van der Waals surface area contributed by atoms with Gasteiger partial charge in [-0.15, -0.1) is 0 Å². The van der Waals surface area contributed by atoms with Gasteiger partial charge in [0, 0.05) is 5.56 Å². The molecule has 92 valence electrons. The van der Waals surface area contributed by atoms with Gasteiger partial charge in [-0.2, -0.15) is 0 Å². The number of hydrogen-bond donors (Lipinski definition) is 1. The van der Waals surface area contributed by atoms with Crippen LogP contribution in [0.25, 0.3) is 0 Å². The van der Waals surface area contributed by atoms with E-state index in [0.29, 0.717) is 5.92 Å². The molecule has 0 amide bonds. The largest absolute Gasteiger partial charge is 0.493 e. The van der Waals surface area contributed by atoms with Crippen LogP contribution in [0.3, 0.4) is 0 Å². The van der Waals surface area contributed by atoms with Crippen molar-refractivity contribution < 1.29 is 9.84 Å². The minimum absolute atomic E-state index is 0.105. The van der Waals surface area contributed by atoms with Crippen molar-refractivity contribution in [2.24, 2.45) is 5.92 Å². The predicted molar refractivity (Wildman–Crippen MR) is 70.1 cm³/mol. The fourth-order valence-electron chi connectivity index (χ4n) is 1.36. The third kappa shape index (κ3) is 4.50. The maximum atomic E-state index is 8.65. The molecular formula is C15H20O2. The van der Waals surface area contributed by atoms with Crippen LogP contribution in [0, 0.1) is 24.7 Å². The minimum atomic E-state index is -0.105. The third-order valence-corrected chi connectivity index (χ3v) is 2.73. The van der Waals surface area contributed by atoms with Crippen LogP contribution in [-0.4, -0.2) is 18.3 Å². The first-order valence-corrected chi connectivity index (χ1v) is 6.00. The lowest BCUT2D eigenvalue weighted by Gasteiger charge is -2.11. The quantitative estimate of drug-likeness (QED) is 0.809. The summed E-state index contributed by atoms with van der Waals surface area (Å²) in [7, 11) is 0. The van der Waals surface area contributed by atoms with Gasteiger partial charge in [-0.1, -0.05) is 32.1 Å². The molecule has 0 fully saturated rings. The van der Waals surface area contributed by atoms with Gasteiger partial charge >= 0.3 is 0 Å². The van der Waals surface area contributed by atoms with Crippen LogP contribution in [0.5, 0.6) is 5.75 Å². The Kier molecular flexibility index (Phi) is 5.59. The SMILES string of the molecule is CCC(C)COc1ccc(C#CCO)c(C)c1. The monoisotopic (exact) mass is 232 g/mol. The average molecular weight is 232 g/mol. The van der Waals surface area contributed by atoms with Gasteiger partial charge in [-0.25, -0.2) is 0 Å². The molecule has 1 unspecified atom stereocenters. The van der Waals surface area contributed by atoms with Crippen LogP contribution in [0.15, 0.2) is 18.2 Å². The Morgan fingerprint density at radius 3 is 2.76 bits per heavy atom. The number of hydrogen-bond acceptors (Lipinski definition) is 2. The highest BCUT2D eigenvalue weighted by molar-refractivity contribution is 5.44. The lowest BCUT2D eigenvalue weighted by Crippen LogP contribution is -2.07. The first-order valence-electron chi connectivity index (χ1n) is 6.00. The number of benzene rings is 1. The van der Waals surface area contributed by atoms with Crippen molar-refractivity contribution in [3.8, 4) is 17.6 Å². The van der Waals surface area contributed by atoms with Gasteiger partial charge in [-0.05, 0) is 36.6 Å². The van der Waals surface area contributed by atoms with Crippen LogP contribution >= 0.6 is 0 Å². The molecule has 1 aromatic carbocycles. The summed E-state index contributed by atoms with van der Waals surface area (Å²) < 4.78 is 5.70. The third-order valence-electron chi connectivity index (χ3n) is 2.73. The van der Waals surface area contributed by atoms with Crippen molar-refractivity contribution in [1.29, 1.82) is 0 Å². The second kappa shape index (κ2) is 6.98. The molecule has 1 aromatic rings. The Bertz CT molecular complexity index is 413. The maximum absolute atomic E-state index is 8.65. The van der Waals surface area contributed by atoms with E-state index in [2.05, 4.69) is 25.7 Å². The topological polar surface area (TPSA) is 29.5 Å². The predicted octanol–water partition coefficient (Wildman–Crippen LogP) is 2.76. The van der Waals surface area contributed by atoms with Crippen LogP contribution in [-0.2, 0) is 0 Å². The molecule has 0 aliphatic carbocycles. The molecule has 2 heteroatoms. The molecule has 1 atom stereocenters. The van der Waals surface area contributed by atoms with E-state index in [1.54, 1.807) is 0 Å². The van der Waals surface area contributed by atoms with E-state index in [4.69, 9.17) is 9.84 Å². The van der Waals surface area contributed by atoms with Crippen molar-refractivity contribution in [3.63, 3.8) is 0 Å². The van der Waals surface area contributed by atoms with E-state index in [1.165, 1.54) is 0 Å². The molecule has 0 aliphatic heterocycles. The Morgan fingerprint density at radius 2 is 2.18 bits per heavy atom. The molecule has 0 spiro atoms. The van der Waals surface area contributed by atoms with Gasteiger partial charge in [0.05, 0.1) is 6.61 Å². The second-order valence-corrected chi connectivity index (χ2v) is 4.26. The van der Waals surface area contributed by atoms with Crippen LogP contribution in [0.2, 0.25) is 0 Å². The molecule has 2 nitrogen and oxygen atoms in total. The molecule has 0 saturated carbocycles. The Hall–Kier alpha value is -1.46. The first kappa shape index (κ1) is 13.6. The molecule has 0 radical (unpaired) electrons. The number of aliphatic hydroxyl groups excluding tert-OH is 1. The molecule has 17 heavy (non-hydrogen) atoms. The zero-order chi connectivity index (χ0) is 12.7. The van der Waals surface area contributed by atoms with Gasteiger partial charge in [0.2, 0.25) is 0 Å². The lowest BCUT2D eigenvalue weighted by molar-refractivity contribution is 0.256. The molecule has 0 aromatic heterocycles. The van der Waals surface area contributed by atoms with E-state index < -0.39 is 0 Å². The summed E-state index contributed by atoms with van der Waals surface area (Å²) in [5.74, 6) is 7.02. The standard InChI is InChI=1S/C15H20O2/c1-4-12(2)11-17-15-8-7-14(6-5-9-16)13(3)10-15/h7-8,10,12,16H,4,9,11H2,1-3H3. The summed E-state index contributed by atoms with van der Waals surface area (Å²) in [6.07, 6.45) is 1.12. The van der Waals surface area contributed by atoms with Gasteiger partial charge in [0.15, 0.2) is 0 Å². The van der Waals surface area contributed by atoms with Gasteiger partial charge < -0.3 is 9.84 Å². The number of rotatable bonds is 4. The highest BCUT2D eigenvalue weighted by atomic mass is 16.5. The summed E-state index contributed by atoms with van der Waals surface area (Å²) in [6.45, 7) is 6.97. The van der Waals surface area contributed by atoms with E-state index in [1.807, 2.05) is 25.1 Å². The number of aliphatic hydroxyl groups is 1.